The monoisotopic (exact) mass is 511 g/mol. The molecule has 1 aromatic carbocycles. The summed E-state index contributed by atoms with van der Waals surface area (Å²) in [5.74, 6) is -0.987. The van der Waals surface area contributed by atoms with Gasteiger partial charge in [-0.15, -0.1) is 23.4 Å². The van der Waals surface area contributed by atoms with Crippen molar-refractivity contribution in [1.82, 2.24) is 5.32 Å². The molecule has 2 N–H and O–H groups in total. The van der Waals surface area contributed by atoms with E-state index in [4.69, 9.17) is 25.8 Å². The summed E-state index contributed by atoms with van der Waals surface area (Å²) in [6.07, 6.45) is 1.41. The van der Waals surface area contributed by atoms with Gasteiger partial charge in [0.05, 0.1) is 11.7 Å². The number of benzene rings is 1. The molecular formula is C25H34ClNO6S. The van der Waals surface area contributed by atoms with E-state index in [0.717, 1.165) is 11.3 Å². The van der Waals surface area contributed by atoms with Crippen LogP contribution in [0, 0.1) is 5.92 Å². The highest BCUT2D eigenvalue weighted by Gasteiger charge is 2.67. The summed E-state index contributed by atoms with van der Waals surface area (Å²) in [5.41, 5.74) is -0.567. The van der Waals surface area contributed by atoms with Gasteiger partial charge >= 0.3 is 6.09 Å². The van der Waals surface area contributed by atoms with Crippen LogP contribution in [0.4, 0.5) is 4.79 Å². The lowest BCUT2D eigenvalue weighted by atomic mass is 9.66. The molecule has 0 aromatic heterocycles. The zero-order valence-corrected chi connectivity index (χ0v) is 21.7. The first-order valence-corrected chi connectivity index (χ1v) is 13.0. The number of alkyl halides is 1. The van der Waals surface area contributed by atoms with Crippen LogP contribution < -0.4 is 5.32 Å². The Morgan fingerprint density at radius 3 is 2.65 bits per heavy atom. The molecule has 0 bridgehead atoms. The highest BCUT2D eigenvalue weighted by molar-refractivity contribution is 7.99. The molecule has 1 saturated heterocycles. The number of allylic oxidation sites excluding steroid dienone is 1. The highest BCUT2D eigenvalue weighted by Crippen LogP contribution is 2.55. The zero-order chi connectivity index (χ0) is 24.9. The Hall–Kier alpha value is -1.58. The fraction of sp³-hybridized carbons (Fsp3) is 0.600. The topological polar surface area (TPSA) is 97.4 Å². The van der Waals surface area contributed by atoms with Gasteiger partial charge in [-0.25, -0.2) is 4.79 Å². The van der Waals surface area contributed by atoms with Gasteiger partial charge in [-0.1, -0.05) is 29.8 Å². The average Bonchev–Trinajstić information content (AvgIpc) is 3.48. The number of halogens is 1. The standard InChI is InChI=1S/C25H34ClNO6S/c1-16(2)10-11-19-24(3,33-19)22-21(31-4)18(32-23(29)27-20(28)14-26)12-13-25(22,30)15-34-17-8-6-5-7-9-17/h5-10,18-19,21-22,30H,11-15H2,1-4H3,(H,27,28,29). The van der Waals surface area contributed by atoms with Crippen molar-refractivity contribution in [2.45, 2.75) is 74.4 Å². The van der Waals surface area contributed by atoms with E-state index in [1.165, 1.54) is 5.57 Å². The molecule has 34 heavy (non-hydrogen) atoms. The zero-order valence-electron chi connectivity index (χ0n) is 20.1. The van der Waals surface area contributed by atoms with E-state index in [0.29, 0.717) is 18.6 Å². The van der Waals surface area contributed by atoms with Crippen LogP contribution in [0.25, 0.3) is 0 Å². The lowest BCUT2D eigenvalue weighted by Gasteiger charge is -2.48. The number of rotatable bonds is 9. The van der Waals surface area contributed by atoms with E-state index in [1.54, 1.807) is 18.9 Å². The number of hydrogen-bond donors (Lipinski definition) is 2. The van der Waals surface area contributed by atoms with Crippen molar-refractivity contribution in [3.63, 3.8) is 0 Å². The molecule has 1 aromatic rings. The number of carbonyl (C=O) groups excluding carboxylic acids is 2. The van der Waals surface area contributed by atoms with Crippen molar-refractivity contribution in [3.05, 3.63) is 42.0 Å². The molecule has 1 heterocycles. The fourth-order valence-electron chi connectivity index (χ4n) is 4.88. The summed E-state index contributed by atoms with van der Waals surface area (Å²) in [5, 5.41) is 14.1. The second kappa shape index (κ2) is 11.4. The molecule has 0 spiro atoms. The van der Waals surface area contributed by atoms with Gasteiger partial charge in [-0.2, -0.15) is 0 Å². The minimum atomic E-state index is -1.11. The van der Waals surface area contributed by atoms with E-state index in [-0.39, 0.29) is 12.0 Å². The smallest absolute Gasteiger partial charge is 0.414 e. The lowest BCUT2D eigenvalue weighted by molar-refractivity contribution is -0.170. The molecule has 7 nitrogen and oxygen atoms in total. The lowest BCUT2D eigenvalue weighted by Crippen LogP contribution is -2.61. The number of epoxide rings is 1. The minimum absolute atomic E-state index is 0.0799. The van der Waals surface area contributed by atoms with Gasteiger partial charge < -0.3 is 19.3 Å². The van der Waals surface area contributed by atoms with Crippen molar-refractivity contribution < 1.29 is 28.9 Å². The number of aliphatic hydroxyl groups is 1. The summed E-state index contributed by atoms with van der Waals surface area (Å²) < 4.78 is 17.6. The van der Waals surface area contributed by atoms with Gasteiger partial charge in [0.25, 0.3) is 0 Å². The summed E-state index contributed by atoms with van der Waals surface area (Å²) in [6, 6.07) is 9.91. The second-order valence-electron chi connectivity index (χ2n) is 9.36. The normalized spacial score (nSPS) is 32.5. The van der Waals surface area contributed by atoms with Crippen LogP contribution in [-0.2, 0) is 19.0 Å². The SMILES string of the molecule is COC1C(OC(=O)NC(=O)CCl)CCC(O)(CSc2ccccc2)C1C1(C)OC1CC=C(C)C. The third kappa shape index (κ3) is 6.34. The van der Waals surface area contributed by atoms with Crippen molar-refractivity contribution in [1.29, 1.82) is 0 Å². The quantitative estimate of drug-likeness (QED) is 0.221. The summed E-state index contributed by atoms with van der Waals surface area (Å²) in [6.45, 7) is 6.07. The molecule has 6 unspecified atom stereocenters. The number of amides is 2. The van der Waals surface area contributed by atoms with E-state index in [9.17, 15) is 14.7 Å². The van der Waals surface area contributed by atoms with Crippen molar-refractivity contribution in [2.24, 2.45) is 5.92 Å². The molecule has 0 radical (unpaired) electrons. The number of carbonyl (C=O) groups is 2. The second-order valence-corrected chi connectivity index (χ2v) is 10.7. The predicted octanol–water partition coefficient (Wildman–Crippen LogP) is 4.31. The molecule has 3 rings (SSSR count). The van der Waals surface area contributed by atoms with Crippen LogP contribution in [-0.4, -0.2) is 65.4 Å². The van der Waals surface area contributed by atoms with Crippen LogP contribution >= 0.6 is 23.4 Å². The van der Waals surface area contributed by atoms with Crippen LogP contribution in [0.5, 0.6) is 0 Å². The Balaban J connectivity index is 1.84. The number of imide groups is 1. The average molecular weight is 512 g/mol. The van der Waals surface area contributed by atoms with Crippen LogP contribution in [0.2, 0.25) is 0 Å². The summed E-state index contributed by atoms with van der Waals surface area (Å²) in [7, 11) is 1.54. The van der Waals surface area contributed by atoms with Crippen LogP contribution in [0.1, 0.15) is 40.0 Å². The molecule has 188 valence electrons. The van der Waals surface area contributed by atoms with Crippen LogP contribution in [0.15, 0.2) is 46.9 Å². The Morgan fingerprint density at radius 2 is 2.03 bits per heavy atom. The molecular weight excluding hydrogens is 478 g/mol. The van der Waals surface area contributed by atoms with Crippen molar-refractivity contribution in [3.8, 4) is 0 Å². The minimum Gasteiger partial charge on any atom is -0.443 e. The largest absolute Gasteiger partial charge is 0.443 e. The number of thioether (sulfide) groups is 1. The first-order chi connectivity index (χ1) is 16.1. The maximum Gasteiger partial charge on any atom is 0.414 e. The first kappa shape index (κ1) is 27.0. The van der Waals surface area contributed by atoms with Gasteiger partial charge in [-0.05, 0) is 52.2 Å². The molecule has 2 fully saturated rings. The number of alkyl carbamates (subject to hydrolysis) is 1. The Morgan fingerprint density at radius 1 is 1.32 bits per heavy atom. The van der Waals surface area contributed by atoms with Crippen molar-refractivity contribution >= 4 is 35.4 Å². The Kier molecular flexibility index (Phi) is 9.09. The van der Waals surface area contributed by atoms with Gasteiger partial charge in [0.2, 0.25) is 5.91 Å². The Bertz CT molecular complexity index is 895. The number of hydrogen-bond acceptors (Lipinski definition) is 7. The van der Waals surface area contributed by atoms with E-state index in [1.807, 2.05) is 51.1 Å². The third-order valence-electron chi connectivity index (χ3n) is 6.60. The van der Waals surface area contributed by atoms with E-state index < -0.39 is 41.3 Å². The van der Waals surface area contributed by atoms with Gasteiger partial charge in [0.15, 0.2) is 0 Å². The Labute approximate surface area is 210 Å². The number of methoxy groups -OCH3 is 1. The molecule has 6 atom stereocenters. The van der Waals surface area contributed by atoms with E-state index >= 15 is 0 Å². The van der Waals surface area contributed by atoms with Gasteiger partial charge in [0.1, 0.15) is 23.7 Å². The summed E-state index contributed by atoms with van der Waals surface area (Å²) >= 11 is 7.06. The first-order valence-electron chi connectivity index (χ1n) is 11.4. The molecule has 2 aliphatic rings. The molecule has 1 saturated carbocycles. The van der Waals surface area contributed by atoms with Gasteiger partial charge in [-0.3, -0.25) is 10.1 Å². The molecule has 9 heteroatoms. The predicted molar refractivity (Wildman–Crippen MR) is 132 cm³/mol. The molecule has 2 amide bonds. The third-order valence-corrected chi connectivity index (χ3v) is 8.09. The molecule has 1 aliphatic heterocycles. The van der Waals surface area contributed by atoms with Gasteiger partial charge in [0, 0.05) is 23.7 Å². The maximum atomic E-state index is 12.3. The van der Waals surface area contributed by atoms with E-state index in [2.05, 4.69) is 11.4 Å². The number of nitrogens with one attached hydrogen (secondary N) is 1. The van der Waals surface area contributed by atoms with Crippen molar-refractivity contribution in [2.75, 3.05) is 18.7 Å². The van der Waals surface area contributed by atoms with Crippen LogP contribution in [0.3, 0.4) is 0 Å². The maximum absolute atomic E-state index is 12.3. The summed E-state index contributed by atoms with van der Waals surface area (Å²) in [4.78, 5) is 24.8. The fourth-order valence-corrected chi connectivity index (χ4v) is 6.03. The highest BCUT2D eigenvalue weighted by atomic mass is 35.5. The molecule has 1 aliphatic carbocycles. The number of ether oxygens (including phenoxy) is 3.